The number of hydrogen-bond donors (Lipinski definition) is 2. The van der Waals surface area contributed by atoms with Crippen molar-refractivity contribution in [1.82, 2.24) is 10.2 Å². The minimum absolute atomic E-state index is 0.0220. The molecule has 2 amide bonds. The molecule has 5 rings (SSSR count). The Labute approximate surface area is 264 Å². The summed E-state index contributed by atoms with van der Waals surface area (Å²) in [7, 11) is 4.71. The molecular formula is C36H43N3O6. The number of anilines is 1. The average Bonchev–Trinajstić information content (AvgIpc) is 3.29. The van der Waals surface area contributed by atoms with Crippen LogP contribution in [0.5, 0.6) is 17.2 Å². The molecule has 1 aliphatic carbocycles. The largest absolute Gasteiger partial charge is 0.493 e. The molecule has 0 saturated heterocycles. The van der Waals surface area contributed by atoms with Gasteiger partial charge in [-0.1, -0.05) is 50.6 Å². The standard InChI is InChI=1S/C36H43N3O6/c1-7-21(2)33(36(42)39-17-16-23-10-8-9-11-25(23)20-39)38-29-15-13-26-27(19-30(29)41)28(37-22(3)40)14-12-24-18-31(43-4)34(44-5)35(45-6)32(24)26/h8-11,13,15,18-19,21,28,33H,7,12,14,16-17,20H2,1-6H3,(H,37,40)(H,38,41)/t21-,28+,33+/m1/s1. The van der Waals surface area contributed by atoms with E-state index in [-0.39, 0.29) is 23.2 Å². The summed E-state index contributed by atoms with van der Waals surface area (Å²) in [6.45, 7) is 6.73. The van der Waals surface area contributed by atoms with Gasteiger partial charge in [-0.3, -0.25) is 14.4 Å². The fraction of sp³-hybridized carbons (Fsp3) is 0.417. The lowest BCUT2D eigenvalue weighted by atomic mass is 9.95. The predicted octanol–water partition coefficient (Wildman–Crippen LogP) is 5.27. The molecule has 45 heavy (non-hydrogen) atoms. The van der Waals surface area contributed by atoms with Gasteiger partial charge in [-0.25, -0.2) is 0 Å². The summed E-state index contributed by atoms with van der Waals surface area (Å²) in [4.78, 5) is 42.2. The third-order valence-electron chi connectivity index (χ3n) is 9.15. The Hall–Kier alpha value is -4.53. The van der Waals surface area contributed by atoms with E-state index >= 15 is 0 Å². The zero-order valence-corrected chi connectivity index (χ0v) is 27.0. The molecule has 0 bridgehead atoms. The van der Waals surface area contributed by atoms with E-state index < -0.39 is 12.1 Å². The summed E-state index contributed by atoms with van der Waals surface area (Å²) in [6, 6.07) is 14.3. The first-order chi connectivity index (χ1) is 21.7. The quantitative estimate of drug-likeness (QED) is 0.339. The average molecular weight is 614 g/mol. The number of ether oxygens (including phenoxy) is 3. The van der Waals surface area contributed by atoms with Crippen molar-refractivity contribution < 1.29 is 23.8 Å². The van der Waals surface area contributed by atoms with Crippen molar-refractivity contribution in [3.63, 3.8) is 0 Å². The molecule has 2 N–H and O–H groups in total. The molecular weight excluding hydrogens is 570 g/mol. The van der Waals surface area contributed by atoms with Gasteiger partial charge in [0.05, 0.1) is 33.1 Å². The van der Waals surface area contributed by atoms with E-state index in [9.17, 15) is 14.4 Å². The van der Waals surface area contributed by atoms with Gasteiger partial charge in [0, 0.05) is 25.6 Å². The van der Waals surface area contributed by atoms with Crippen LogP contribution in [0.25, 0.3) is 11.1 Å². The first-order valence-corrected chi connectivity index (χ1v) is 15.6. The molecule has 0 radical (unpaired) electrons. The van der Waals surface area contributed by atoms with Gasteiger partial charge in [0.2, 0.25) is 23.0 Å². The number of nitrogens with one attached hydrogen (secondary N) is 2. The van der Waals surface area contributed by atoms with Crippen molar-refractivity contribution in [2.45, 2.75) is 65.1 Å². The van der Waals surface area contributed by atoms with E-state index in [0.717, 1.165) is 35.1 Å². The van der Waals surface area contributed by atoms with Gasteiger partial charge in [0.15, 0.2) is 11.5 Å². The number of fused-ring (bicyclic) bond motifs is 4. The number of nitrogens with zero attached hydrogens (tertiary/aromatic N) is 1. The third kappa shape index (κ3) is 6.34. The minimum Gasteiger partial charge on any atom is -0.493 e. The maximum absolute atomic E-state index is 14.0. The van der Waals surface area contributed by atoms with Crippen LogP contribution in [0.1, 0.15) is 61.9 Å². The third-order valence-corrected chi connectivity index (χ3v) is 9.15. The number of aryl methyl sites for hydroxylation is 1. The number of hydrogen-bond acceptors (Lipinski definition) is 7. The van der Waals surface area contributed by atoms with Crippen molar-refractivity contribution >= 4 is 17.5 Å². The molecule has 3 atom stereocenters. The number of carbonyl (C=O) groups excluding carboxylic acids is 2. The first kappa shape index (κ1) is 31.9. The van der Waals surface area contributed by atoms with Crippen LogP contribution in [-0.2, 0) is 29.0 Å². The van der Waals surface area contributed by atoms with E-state index in [4.69, 9.17) is 14.2 Å². The van der Waals surface area contributed by atoms with Crippen molar-refractivity contribution in [3.05, 3.63) is 81.0 Å². The smallest absolute Gasteiger partial charge is 0.245 e. The molecule has 0 aromatic heterocycles. The van der Waals surface area contributed by atoms with Crippen molar-refractivity contribution in [2.75, 3.05) is 33.2 Å². The maximum Gasteiger partial charge on any atom is 0.245 e. The predicted molar refractivity (Wildman–Crippen MR) is 175 cm³/mol. The molecule has 0 fully saturated rings. The Balaban J connectivity index is 1.60. The van der Waals surface area contributed by atoms with Crippen LogP contribution >= 0.6 is 0 Å². The molecule has 3 aromatic rings. The zero-order valence-electron chi connectivity index (χ0n) is 27.0. The molecule has 9 heteroatoms. The highest BCUT2D eigenvalue weighted by atomic mass is 16.5. The van der Waals surface area contributed by atoms with Crippen LogP contribution in [0.15, 0.2) is 53.3 Å². The highest BCUT2D eigenvalue weighted by Gasteiger charge is 2.32. The lowest BCUT2D eigenvalue weighted by Crippen LogP contribution is -2.48. The molecule has 1 aliphatic heterocycles. The zero-order chi connectivity index (χ0) is 32.2. The highest BCUT2D eigenvalue weighted by molar-refractivity contribution is 5.86. The number of carbonyl (C=O) groups is 2. The van der Waals surface area contributed by atoms with Crippen LogP contribution in [0.2, 0.25) is 0 Å². The van der Waals surface area contributed by atoms with Gasteiger partial charge >= 0.3 is 0 Å². The number of benzene rings is 2. The Morgan fingerprint density at radius 2 is 1.69 bits per heavy atom. The molecule has 9 nitrogen and oxygen atoms in total. The summed E-state index contributed by atoms with van der Waals surface area (Å²) >= 11 is 0. The van der Waals surface area contributed by atoms with Gasteiger partial charge < -0.3 is 29.7 Å². The second kappa shape index (κ2) is 13.6. The van der Waals surface area contributed by atoms with Crippen molar-refractivity contribution in [3.8, 4) is 28.4 Å². The van der Waals surface area contributed by atoms with Crippen molar-refractivity contribution in [2.24, 2.45) is 5.92 Å². The Morgan fingerprint density at radius 3 is 2.36 bits per heavy atom. The fourth-order valence-electron chi connectivity index (χ4n) is 6.56. The second-order valence-corrected chi connectivity index (χ2v) is 11.9. The van der Waals surface area contributed by atoms with Gasteiger partial charge in [0.25, 0.3) is 0 Å². The Bertz CT molecular complexity index is 1650. The summed E-state index contributed by atoms with van der Waals surface area (Å²) in [5.74, 6) is 1.23. The van der Waals surface area contributed by atoms with Crippen LogP contribution in [0, 0.1) is 5.92 Å². The molecule has 3 aromatic carbocycles. The molecule has 238 valence electrons. The van der Waals surface area contributed by atoms with Gasteiger partial charge in [-0.05, 0) is 71.2 Å². The lowest BCUT2D eigenvalue weighted by molar-refractivity contribution is -0.134. The Morgan fingerprint density at radius 1 is 0.956 bits per heavy atom. The van der Waals surface area contributed by atoms with Crippen LogP contribution in [0.3, 0.4) is 0 Å². The molecule has 0 unspecified atom stereocenters. The summed E-state index contributed by atoms with van der Waals surface area (Å²) in [6.07, 6.45) is 2.73. The van der Waals surface area contributed by atoms with Gasteiger partial charge in [-0.2, -0.15) is 0 Å². The van der Waals surface area contributed by atoms with E-state index in [1.807, 2.05) is 43.0 Å². The molecule has 2 aliphatic rings. The number of amides is 2. The second-order valence-electron chi connectivity index (χ2n) is 11.9. The fourth-order valence-corrected chi connectivity index (χ4v) is 6.56. The van der Waals surface area contributed by atoms with Crippen LogP contribution in [0.4, 0.5) is 5.69 Å². The SMILES string of the molecule is CC[C@@H](C)[C@H](Nc1ccc2c(cc1=O)[C@@H](NC(C)=O)CCc1cc(OC)c(OC)c(OC)c1-2)C(=O)N1CCc2ccccc2C1. The van der Waals surface area contributed by atoms with Crippen molar-refractivity contribution in [1.29, 1.82) is 0 Å². The number of rotatable bonds is 9. The summed E-state index contributed by atoms with van der Waals surface area (Å²) in [5.41, 5.74) is 5.62. The summed E-state index contributed by atoms with van der Waals surface area (Å²) < 4.78 is 17.2. The van der Waals surface area contributed by atoms with Gasteiger partial charge in [-0.15, -0.1) is 0 Å². The van der Waals surface area contributed by atoms with Crippen LogP contribution in [-0.4, -0.2) is 50.6 Å². The first-order valence-electron chi connectivity index (χ1n) is 15.6. The Kier molecular flexibility index (Phi) is 9.65. The maximum atomic E-state index is 14.0. The number of methoxy groups -OCH3 is 3. The highest BCUT2D eigenvalue weighted by Crippen LogP contribution is 2.50. The molecule has 0 saturated carbocycles. The topological polar surface area (TPSA) is 106 Å². The van der Waals surface area contributed by atoms with E-state index in [0.29, 0.717) is 54.4 Å². The molecule has 1 heterocycles. The molecule has 0 spiro atoms. The normalized spacial score (nSPS) is 16.6. The summed E-state index contributed by atoms with van der Waals surface area (Å²) in [5, 5.41) is 6.40. The monoisotopic (exact) mass is 613 g/mol. The van der Waals surface area contributed by atoms with E-state index in [1.54, 1.807) is 33.5 Å². The van der Waals surface area contributed by atoms with E-state index in [2.05, 4.69) is 22.8 Å². The van der Waals surface area contributed by atoms with Crippen LogP contribution < -0.4 is 30.3 Å². The van der Waals surface area contributed by atoms with Gasteiger partial charge in [0.1, 0.15) is 6.04 Å². The van der Waals surface area contributed by atoms with E-state index in [1.165, 1.54) is 12.5 Å². The lowest BCUT2D eigenvalue weighted by Gasteiger charge is -2.34. The minimum atomic E-state index is -0.590.